The van der Waals surface area contributed by atoms with Crippen molar-refractivity contribution in [3.63, 3.8) is 0 Å². The number of aliphatic hydroxyl groups excluding tert-OH is 1. The van der Waals surface area contributed by atoms with Gasteiger partial charge in [-0.25, -0.2) is 0 Å². The minimum Gasteiger partial charge on any atom is -0.396 e. The van der Waals surface area contributed by atoms with Gasteiger partial charge in [-0.05, 0) is 18.9 Å². The summed E-state index contributed by atoms with van der Waals surface area (Å²) in [7, 11) is 0. The Kier molecular flexibility index (Phi) is 8.10. The summed E-state index contributed by atoms with van der Waals surface area (Å²) >= 11 is 0. The van der Waals surface area contributed by atoms with E-state index in [0.717, 1.165) is 38.6 Å². The molecule has 1 aromatic rings. The normalized spacial score (nSPS) is 18.1. The van der Waals surface area contributed by atoms with Gasteiger partial charge in [0.25, 0.3) is 0 Å². The van der Waals surface area contributed by atoms with Crippen LogP contribution >= 0.6 is 0 Å². The van der Waals surface area contributed by atoms with Crippen LogP contribution in [0, 0.1) is 11.3 Å². The molecule has 0 bridgehead atoms. The highest BCUT2D eigenvalue weighted by Crippen LogP contribution is 2.18. The molecule has 1 saturated heterocycles. The Morgan fingerprint density at radius 1 is 1.30 bits per heavy atom. The Balaban J connectivity index is 1.80. The first-order valence-corrected chi connectivity index (χ1v) is 9.88. The van der Waals surface area contributed by atoms with Gasteiger partial charge < -0.3 is 20.6 Å². The second-order valence-corrected chi connectivity index (χ2v) is 8.04. The first-order chi connectivity index (χ1) is 12.9. The molecule has 27 heavy (non-hydrogen) atoms. The van der Waals surface area contributed by atoms with Crippen LogP contribution in [0.2, 0.25) is 0 Å². The van der Waals surface area contributed by atoms with E-state index in [1.54, 1.807) is 0 Å². The second kappa shape index (κ2) is 10.3. The average molecular weight is 375 g/mol. The number of carbonyl (C=O) groups is 1. The number of nitrogens with one attached hydrogen (secondary N) is 2. The fourth-order valence-electron chi connectivity index (χ4n) is 3.04. The maximum Gasteiger partial charge on any atom is 0.223 e. The number of benzene rings is 1. The van der Waals surface area contributed by atoms with Gasteiger partial charge in [0.2, 0.25) is 5.91 Å². The highest BCUT2D eigenvalue weighted by Gasteiger charge is 2.29. The van der Waals surface area contributed by atoms with Crippen molar-refractivity contribution in [2.45, 2.75) is 33.6 Å². The average Bonchev–Trinajstić information content (AvgIpc) is 3.03. The maximum absolute atomic E-state index is 12.3. The van der Waals surface area contributed by atoms with Gasteiger partial charge in [-0.1, -0.05) is 44.2 Å². The van der Waals surface area contributed by atoms with Crippen LogP contribution in [0.5, 0.6) is 0 Å². The summed E-state index contributed by atoms with van der Waals surface area (Å²) < 4.78 is 0. The molecule has 3 N–H and O–H groups in total. The molecule has 1 unspecified atom stereocenters. The lowest BCUT2D eigenvalue weighted by molar-refractivity contribution is -0.127. The summed E-state index contributed by atoms with van der Waals surface area (Å²) in [6.45, 7) is 9.71. The Morgan fingerprint density at radius 2 is 2.04 bits per heavy atom. The van der Waals surface area contributed by atoms with E-state index in [4.69, 9.17) is 0 Å². The fourth-order valence-corrected chi connectivity index (χ4v) is 3.04. The number of amides is 1. The molecule has 0 saturated carbocycles. The number of carbonyl (C=O) groups excluding carboxylic acids is 1. The molecule has 6 nitrogen and oxygen atoms in total. The summed E-state index contributed by atoms with van der Waals surface area (Å²) in [6, 6.07) is 10.3. The molecule has 6 heteroatoms. The smallest absolute Gasteiger partial charge is 0.223 e. The lowest BCUT2D eigenvalue weighted by atomic mass is 9.95. The van der Waals surface area contributed by atoms with Crippen LogP contribution in [0.1, 0.15) is 32.8 Å². The number of nitrogens with zero attached hydrogens (tertiary/aromatic N) is 2. The van der Waals surface area contributed by atoms with Crippen molar-refractivity contribution in [1.29, 1.82) is 0 Å². The van der Waals surface area contributed by atoms with E-state index in [0.29, 0.717) is 18.9 Å². The number of rotatable bonds is 9. The number of hydrogen-bond acceptors (Lipinski definition) is 3. The van der Waals surface area contributed by atoms with Gasteiger partial charge >= 0.3 is 0 Å². The maximum atomic E-state index is 12.3. The van der Waals surface area contributed by atoms with Crippen molar-refractivity contribution in [3.8, 4) is 0 Å². The van der Waals surface area contributed by atoms with E-state index in [9.17, 15) is 9.90 Å². The van der Waals surface area contributed by atoms with Crippen LogP contribution in [0.4, 0.5) is 0 Å². The molecule has 0 spiro atoms. The molecule has 1 aliphatic heterocycles. The second-order valence-electron chi connectivity index (χ2n) is 8.04. The zero-order chi connectivity index (χ0) is 19.7. The van der Waals surface area contributed by atoms with Crippen LogP contribution in [-0.4, -0.2) is 61.2 Å². The van der Waals surface area contributed by atoms with E-state index in [-0.39, 0.29) is 17.9 Å². The highest BCUT2D eigenvalue weighted by atomic mass is 16.3. The molecule has 2 rings (SSSR count). The Bertz CT molecular complexity index is 616. The molecule has 0 aliphatic carbocycles. The molecule has 1 heterocycles. The van der Waals surface area contributed by atoms with Crippen LogP contribution in [0.15, 0.2) is 35.3 Å². The first-order valence-electron chi connectivity index (χ1n) is 9.88. The molecule has 1 aromatic carbocycles. The predicted octanol–water partition coefficient (Wildman–Crippen LogP) is 1.65. The molecule has 0 radical (unpaired) electrons. The number of hydrogen-bond donors (Lipinski definition) is 3. The Hall–Kier alpha value is -2.08. The van der Waals surface area contributed by atoms with E-state index in [1.807, 2.05) is 43.9 Å². The van der Waals surface area contributed by atoms with E-state index in [2.05, 4.69) is 27.8 Å². The number of aliphatic hydroxyl groups is 1. The predicted molar refractivity (Wildman–Crippen MR) is 110 cm³/mol. The summed E-state index contributed by atoms with van der Waals surface area (Å²) in [5.74, 6) is 1.28. The van der Waals surface area contributed by atoms with Crippen LogP contribution in [0.25, 0.3) is 0 Å². The number of aliphatic imine (C=N–C) groups is 1. The third kappa shape index (κ3) is 7.21. The Morgan fingerprint density at radius 3 is 2.70 bits per heavy atom. The lowest BCUT2D eigenvalue weighted by Gasteiger charge is -2.21. The van der Waals surface area contributed by atoms with Gasteiger partial charge in [-0.15, -0.1) is 0 Å². The van der Waals surface area contributed by atoms with Crippen molar-refractivity contribution in [1.82, 2.24) is 15.5 Å². The van der Waals surface area contributed by atoms with Crippen molar-refractivity contribution in [3.05, 3.63) is 35.9 Å². The van der Waals surface area contributed by atoms with E-state index in [1.165, 1.54) is 5.56 Å². The van der Waals surface area contributed by atoms with Gasteiger partial charge in [-0.3, -0.25) is 9.79 Å². The molecular formula is C21H34N4O2. The van der Waals surface area contributed by atoms with Crippen LogP contribution in [-0.2, 0) is 11.2 Å². The number of likely N-dealkylation sites (tertiary alicyclic amines) is 1. The summed E-state index contributed by atoms with van der Waals surface area (Å²) in [5.41, 5.74) is 1.03. The van der Waals surface area contributed by atoms with Crippen LogP contribution in [0.3, 0.4) is 0 Å². The van der Waals surface area contributed by atoms with E-state index >= 15 is 0 Å². The lowest BCUT2D eigenvalue weighted by Crippen LogP contribution is -2.41. The van der Waals surface area contributed by atoms with Gasteiger partial charge in [0.1, 0.15) is 0 Å². The largest absolute Gasteiger partial charge is 0.396 e. The zero-order valence-electron chi connectivity index (χ0n) is 16.9. The van der Waals surface area contributed by atoms with Crippen molar-refractivity contribution in [2.24, 2.45) is 16.3 Å². The molecule has 150 valence electrons. The topological polar surface area (TPSA) is 77.0 Å². The minimum absolute atomic E-state index is 0.101. The third-order valence-electron chi connectivity index (χ3n) is 4.80. The molecule has 0 aromatic heterocycles. The van der Waals surface area contributed by atoms with E-state index < -0.39 is 0 Å². The molecule has 1 aliphatic rings. The van der Waals surface area contributed by atoms with Gasteiger partial charge in [-0.2, -0.15) is 0 Å². The quantitative estimate of drug-likeness (QED) is 0.454. The summed E-state index contributed by atoms with van der Waals surface area (Å²) in [6.07, 6.45) is 1.48. The molecule has 1 fully saturated rings. The first kappa shape index (κ1) is 21.2. The number of guanidine groups is 1. The zero-order valence-corrected chi connectivity index (χ0v) is 16.9. The van der Waals surface area contributed by atoms with Crippen molar-refractivity contribution in [2.75, 3.05) is 39.3 Å². The minimum atomic E-state index is -0.236. The SMILES string of the molecule is CCNC(=NCC(C)(C)CO)NCC1CC(=O)N(CCc2ccccc2)C1. The Labute approximate surface area is 163 Å². The third-order valence-corrected chi connectivity index (χ3v) is 4.80. The molecular weight excluding hydrogens is 340 g/mol. The summed E-state index contributed by atoms with van der Waals surface area (Å²) in [4.78, 5) is 18.8. The van der Waals surface area contributed by atoms with Crippen molar-refractivity contribution < 1.29 is 9.90 Å². The highest BCUT2D eigenvalue weighted by molar-refractivity contribution is 5.81. The monoisotopic (exact) mass is 374 g/mol. The standard InChI is InChI=1S/C21H34N4O2/c1-4-22-20(24-15-21(2,3)16-26)23-13-18-12-19(27)25(14-18)11-10-17-8-6-5-7-9-17/h5-9,18,26H,4,10-16H2,1-3H3,(H2,22,23,24). The van der Waals surface area contributed by atoms with Crippen LogP contribution < -0.4 is 10.6 Å². The van der Waals surface area contributed by atoms with Gasteiger partial charge in [0.05, 0.1) is 6.54 Å². The molecule has 1 amide bonds. The fraction of sp³-hybridized carbons (Fsp3) is 0.619. The van der Waals surface area contributed by atoms with Crippen molar-refractivity contribution >= 4 is 11.9 Å². The van der Waals surface area contributed by atoms with Gasteiger partial charge in [0.15, 0.2) is 5.96 Å². The molecule has 1 atom stereocenters. The summed E-state index contributed by atoms with van der Waals surface area (Å²) in [5, 5.41) is 16.0. The van der Waals surface area contributed by atoms with Gasteiger partial charge in [0, 0.05) is 50.5 Å².